The standard InChI is InChI=1S/C19H26FN3O3S/c1-18(2)13-9-10-19(18,3)16(11-13)21-22-17(24)12-23(4)27(25,26)15-7-5-14(20)6-8-15/h5-8,13H,9-12H2,1-4H3,(H,22,24)/b21-16-/t13-,19+/m1/s1. The number of halogens is 1. The summed E-state index contributed by atoms with van der Waals surface area (Å²) < 4.78 is 38.9. The van der Waals surface area contributed by atoms with E-state index in [9.17, 15) is 17.6 Å². The fourth-order valence-corrected chi connectivity index (χ4v) is 5.46. The average Bonchev–Trinajstić information content (AvgIpc) is 2.93. The zero-order valence-corrected chi connectivity index (χ0v) is 16.9. The molecule has 2 aliphatic carbocycles. The number of sulfonamides is 1. The van der Waals surface area contributed by atoms with Crippen molar-refractivity contribution < 1.29 is 17.6 Å². The average molecular weight is 396 g/mol. The van der Waals surface area contributed by atoms with Crippen molar-refractivity contribution in [3.63, 3.8) is 0 Å². The van der Waals surface area contributed by atoms with E-state index in [0.29, 0.717) is 5.92 Å². The zero-order valence-electron chi connectivity index (χ0n) is 16.1. The third-order valence-electron chi connectivity index (χ3n) is 6.72. The number of amides is 1. The number of rotatable bonds is 5. The van der Waals surface area contributed by atoms with E-state index in [0.717, 1.165) is 35.0 Å². The molecule has 148 valence electrons. The van der Waals surface area contributed by atoms with Crippen molar-refractivity contribution in [3.8, 4) is 0 Å². The molecule has 3 rings (SSSR count). The summed E-state index contributed by atoms with van der Waals surface area (Å²) in [4.78, 5) is 12.2. The molecule has 2 bridgehead atoms. The molecular formula is C19H26FN3O3S. The maximum Gasteiger partial charge on any atom is 0.255 e. The Kier molecular flexibility index (Phi) is 4.93. The number of hydrogen-bond acceptors (Lipinski definition) is 4. The van der Waals surface area contributed by atoms with Gasteiger partial charge in [-0.1, -0.05) is 20.8 Å². The van der Waals surface area contributed by atoms with Gasteiger partial charge in [-0.05, 0) is 54.9 Å². The molecule has 1 N–H and O–H groups in total. The van der Waals surface area contributed by atoms with Gasteiger partial charge in [-0.25, -0.2) is 18.2 Å². The Bertz CT molecular complexity index is 880. The van der Waals surface area contributed by atoms with E-state index in [-0.39, 0.29) is 22.3 Å². The number of nitrogens with zero attached hydrogens (tertiary/aromatic N) is 2. The molecule has 0 spiro atoms. The Morgan fingerprint density at radius 2 is 1.93 bits per heavy atom. The first-order valence-corrected chi connectivity index (χ1v) is 10.5. The van der Waals surface area contributed by atoms with Gasteiger partial charge in [0, 0.05) is 18.2 Å². The highest BCUT2D eigenvalue weighted by molar-refractivity contribution is 7.89. The van der Waals surface area contributed by atoms with Gasteiger partial charge in [-0.15, -0.1) is 0 Å². The van der Waals surface area contributed by atoms with Crippen molar-refractivity contribution in [2.75, 3.05) is 13.6 Å². The molecule has 27 heavy (non-hydrogen) atoms. The van der Waals surface area contributed by atoms with Gasteiger partial charge in [0.15, 0.2) is 0 Å². The van der Waals surface area contributed by atoms with Gasteiger partial charge in [0.25, 0.3) is 5.91 Å². The number of nitrogens with one attached hydrogen (secondary N) is 1. The second kappa shape index (κ2) is 6.67. The molecule has 0 heterocycles. The van der Waals surface area contributed by atoms with Crippen molar-refractivity contribution in [1.82, 2.24) is 9.73 Å². The topological polar surface area (TPSA) is 78.8 Å². The quantitative estimate of drug-likeness (QED) is 0.779. The van der Waals surface area contributed by atoms with Crippen LogP contribution in [0.1, 0.15) is 40.0 Å². The molecule has 0 aliphatic heterocycles. The summed E-state index contributed by atoms with van der Waals surface area (Å²) in [5.41, 5.74) is 3.63. The van der Waals surface area contributed by atoms with Crippen LogP contribution in [0.5, 0.6) is 0 Å². The molecule has 2 atom stereocenters. The Morgan fingerprint density at radius 3 is 2.44 bits per heavy atom. The summed E-state index contributed by atoms with van der Waals surface area (Å²) in [7, 11) is -2.56. The number of likely N-dealkylation sites (N-methyl/N-ethyl adjacent to an activating group) is 1. The van der Waals surface area contributed by atoms with Crippen molar-refractivity contribution in [1.29, 1.82) is 0 Å². The fraction of sp³-hybridized carbons (Fsp3) is 0.579. The number of benzene rings is 1. The van der Waals surface area contributed by atoms with Crippen LogP contribution in [0.4, 0.5) is 4.39 Å². The Morgan fingerprint density at radius 1 is 1.30 bits per heavy atom. The van der Waals surface area contributed by atoms with Gasteiger partial charge < -0.3 is 0 Å². The van der Waals surface area contributed by atoms with Gasteiger partial charge >= 0.3 is 0 Å². The molecule has 1 aromatic carbocycles. The number of hydrazone groups is 1. The van der Waals surface area contributed by atoms with E-state index in [1.165, 1.54) is 25.6 Å². The van der Waals surface area contributed by atoms with Gasteiger partial charge in [-0.3, -0.25) is 4.79 Å². The van der Waals surface area contributed by atoms with Crippen LogP contribution in [-0.2, 0) is 14.8 Å². The first kappa shape index (κ1) is 19.9. The summed E-state index contributed by atoms with van der Waals surface area (Å²) in [5.74, 6) is -0.452. The lowest BCUT2D eigenvalue weighted by molar-refractivity contribution is -0.121. The molecule has 1 amide bonds. The summed E-state index contributed by atoms with van der Waals surface area (Å²) in [6.45, 7) is 6.33. The van der Waals surface area contributed by atoms with Crippen LogP contribution in [0.15, 0.2) is 34.3 Å². The van der Waals surface area contributed by atoms with E-state index < -0.39 is 21.7 Å². The minimum absolute atomic E-state index is 0.0307. The summed E-state index contributed by atoms with van der Waals surface area (Å²) >= 11 is 0. The summed E-state index contributed by atoms with van der Waals surface area (Å²) in [6, 6.07) is 4.50. The van der Waals surface area contributed by atoms with Gasteiger partial charge in [0.2, 0.25) is 10.0 Å². The van der Waals surface area contributed by atoms with Gasteiger partial charge in [0.1, 0.15) is 5.82 Å². The monoisotopic (exact) mass is 395 g/mol. The highest BCUT2D eigenvalue weighted by atomic mass is 32.2. The lowest BCUT2D eigenvalue weighted by Crippen LogP contribution is -2.38. The maximum absolute atomic E-state index is 13.0. The van der Waals surface area contributed by atoms with Crippen LogP contribution in [0, 0.1) is 22.6 Å². The first-order chi connectivity index (χ1) is 12.5. The third-order valence-corrected chi connectivity index (χ3v) is 8.53. The van der Waals surface area contributed by atoms with Crippen LogP contribution in [0.3, 0.4) is 0 Å². The molecular weight excluding hydrogens is 369 g/mol. The normalized spacial score (nSPS) is 28.1. The largest absolute Gasteiger partial charge is 0.272 e. The second-order valence-electron chi connectivity index (χ2n) is 8.30. The predicted octanol–water partition coefficient (Wildman–Crippen LogP) is 2.76. The Balaban J connectivity index is 1.65. The van der Waals surface area contributed by atoms with E-state index in [1.54, 1.807) is 0 Å². The SMILES string of the molecule is CN(CC(=O)N/N=C1/C[C@H]2CC[C@]1(C)C2(C)C)S(=O)(=O)c1ccc(F)cc1. The lowest BCUT2D eigenvalue weighted by Gasteiger charge is -2.34. The first-order valence-electron chi connectivity index (χ1n) is 9.06. The predicted molar refractivity (Wildman–Crippen MR) is 101 cm³/mol. The third kappa shape index (κ3) is 3.29. The van der Waals surface area contributed by atoms with E-state index >= 15 is 0 Å². The maximum atomic E-state index is 13.0. The molecule has 2 saturated carbocycles. The highest BCUT2D eigenvalue weighted by Crippen LogP contribution is 2.63. The summed E-state index contributed by atoms with van der Waals surface area (Å²) in [5, 5.41) is 4.34. The van der Waals surface area contributed by atoms with Crippen LogP contribution in [0.2, 0.25) is 0 Å². The number of fused-ring (bicyclic) bond motifs is 2. The van der Waals surface area contributed by atoms with Crippen LogP contribution in [-0.4, -0.2) is 37.9 Å². The molecule has 0 radical (unpaired) electrons. The van der Waals surface area contributed by atoms with Crippen molar-refractivity contribution in [3.05, 3.63) is 30.1 Å². The molecule has 8 heteroatoms. The zero-order chi connectivity index (χ0) is 20.0. The number of carbonyl (C=O) groups excluding carboxylic acids is 1. The van der Waals surface area contributed by atoms with Gasteiger partial charge in [-0.2, -0.15) is 9.41 Å². The summed E-state index contributed by atoms with van der Waals surface area (Å²) in [6.07, 6.45) is 3.10. The van der Waals surface area contributed by atoms with E-state index in [4.69, 9.17) is 0 Å². The van der Waals surface area contributed by atoms with Crippen molar-refractivity contribution in [2.45, 2.75) is 44.9 Å². The fourth-order valence-electron chi connectivity index (χ4n) is 4.34. The minimum atomic E-state index is -3.87. The molecule has 0 aromatic heterocycles. The molecule has 6 nitrogen and oxygen atoms in total. The minimum Gasteiger partial charge on any atom is -0.272 e. The van der Waals surface area contributed by atoms with Crippen LogP contribution < -0.4 is 5.43 Å². The van der Waals surface area contributed by atoms with E-state index in [2.05, 4.69) is 31.3 Å². The second-order valence-corrected chi connectivity index (χ2v) is 10.3. The molecule has 1 aromatic rings. The number of carbonyl (C=O) groups is 1. The Labute approximate surface area is 159 Å². The van der Waals surface area contributed by atoms with Crippen LogP contribution >= 0.6 is 0 Å². The molecule has 0 saturated heterocycles. The van der Waals surface area contributed by atoms with Crippen molar-refractivity contribution >= 4 is 21.6 Å². The lowest BCUT2D eigenvalue weighted by atomic mass is 9.70. The van der Waals surface area contributed by atoms with Crippen molar-refractivity contribution in [2.24, 2.45) is 21.8 Å². The molecule has 0 unspecified atom stereocenters. The smallest absolute Gasteiger partial charge is 0.255 e. The van der Waals surface area contributed by atoms with Gasteiger partial charge in [0.05, 0.1) is 11.4 Å². The highest BCUT2D eigenvalue weighted by Gasteiger charge is 2.60. The molecule has 2 aliphatic rings. The number of hydrogen-bond donors (Lipinski definition) is 1. The Hall–Kier alpha value is -1.80. The van der Waals surface area contributed by atoms with Crippen LogP contribution in [0.25, 0.3) is 0 Å². The molecule has 2 fully saturated rings. The van der Waals surface area contributed by atoms with E-state index in [1.807, 2.05) is 0 Å².